The number of fused-ring (bicyclic) bond motifs is 1. The molecule has 1 N–H and O–H groups in total. The minimum Gasteiger partial charge on any atom is -0.487 e. The van der Waals surface area contributed by atoms with E-state index in [9.17, 15) is 10.1 Å². The van der Waals surface area contributed by atoms with Gasteiger partial charge in [0, 0.05) is 12.2 Å². The summed E-state index contributed by atoms with van der Waals surface area (Å²) >= 11 is 0. The number of nitrogens with one attached hydrogen (secondary N) is 1. The Morgan fingerprint density at radius 2 is 2.19 bits per heavy atom. The van der Waals surface area contributed by atoms with Gasteiger partial charge < -0.3 is 10.1 Å². The third-order valence-electron chi connectivity index (χ3n) is 3.03. The molecular weight excluding hydrogens is 270 g/mol. The van der Waals surface area contributed by atoms with Crippen LogP contribution in [0.5, 0.6) is 5.75 Å². The van der Waals surface area contributed by atoms with Crippen LogP contribution in [-0.4, -0.2) is 29.1 Å². The van der Waals surface area contributed by atoms with E-state index in [0.717, 1.165) is 13.0 Å². The first-order valence-electron chi connectivity index (χ1n) is 6.98. The first-order valence-corrected chi connectivity index (χ1v) is 6.98. The number of nitro benzene ring substituents is 1. The van der Waals surface area contributed by atoms with Crippen LogP contribution in [0.2, 0.25) is 0 Å². The lowest BCUT2D eigenvalue weighted by Gasteiger charge is -2.10. The van der Waals surface area contributed by atoms with Gasteiger partial charge in [-0.25, -0.2) is 0 Å². The van der Waals surface area contributed by atoms with Gasteiger partial charge in [-0.3, -0.25) is 15.1 Å². The normalized spacial score (nSPS) is 11.0. The Morgan fingerprint density at radius 3 is 2.90 bits per heavy atom. The lowest BCUT2D eigenvalue weighted by molar-refractivity contribution is -0.384. The topological polar surface area (TPSA) is 77.3 Å². The fraction of sp³-hybridized carbons (Fsp3) is 0.400. The summed E-state index contributed by atoms with van der Waals surface area (Å²) in [5.74, 6) is 0.296. The van der Waals surface area contributed by atoms with E-state index in [0.29, 0.717) is 29.3 Å². The van der Waals surface area contributed by atoms with Crippen LogP contribution in [0.1, 0.15) is 20.3 Å². The SMILES string of the molecule is CC(C)NCCCOc1ccc2ncccc2c1[N+](=O)[O-]. The van der Waals surface area contributed by atoms with E-state index in [1.165, 1.54) is 0 Å². The highest BCUT2D eigenvalue weighted by molar-refractivity contribution is 5.90. The van der Waals surface area contributed by atoms with Crippen molar-refractivity contribution in [2.45, 2.75) is 26.3 Å². The molecule has 0 unspecified atom stereocenters. The number of pyridine rings is 1. The summed E-state index contributed by atoms with van der Waals surface area (Å²) < 4.78 is 5.58. The van der Waals surface area contributed by atoms with E-state index in [2.05, 4.69) is 24.1 Å². The number of benzene rings is 1. The fourth-order valence-electron chi connectivity index (χ4n) is 2.07. The van der Waals surface area contributed by atoms with Crippen molar-refractivity contribution in [3.63, 3.8) is 0 Å². The van der Waals surface area contributed by atoms with Gasteiger partial charge in [0.1, 0.15) is 0 Å². The van der Waals surface area contributed by atoms with Crippen molar-refractivity contribution >= 4 is 16.6 Å². The average molecular weight is 289 g/mol. The van der Waals surface area contributed by atoms with Crippen molar-refractivity contribution in [3.05, 3.63) is 40.6 Å². The fourth-order valence-corrected chi connectivity index (χ4v) is 2.07. The Morgan fingerprint density at radius 1 is 1.38 bits per heavy atom. The van der Waals surface area contributed by atoms with Crippen LogP contribution in [0, 0.1) is 10.1 Å². The molecular formula is C15H19N3O3. The van der Waals surface area contributed by atoms with Crippen molar-refractivity contribution in [1.82, 2.24) is 10.3 Å². The second-order valence-corrected chi connectivity index (χ2v) is 5.05. The highest BCUT2D eigenvalue weighted by atomic mass is 16.6. The Balaban J connectivity index is 2.12. The highest BCUT2D eigenvalue weighted by Gasteiger charge is 2.19. The molecule has 0 spiro atoms. The van der Waals surface area contributed by atoms with Gasteiger partial charge in [0.05, 0.1) is 22.4 Å². The molecule has 2 aromatic rings. The number of rotatable bonds is 7. The third-order valence-corrected chi connectivity index (χ3v) is 3.03. The minimum atomic E-state index is -0.411. The number of nitro groups is 1. The summed E-state index contributed by atoms with van der Waals surface area (Å²) in [7, 11) is 0. The summed E-state index contributed by atoms with van der Waals surface area (Å²) in [5, 5.41) is 15.1. The lowest BCUT2D eigenvalue weighted by atomic mass is 10.1. The van der Waals surface area contributed by atoms with Gasteiger partial charge in [0.25, 0.3) is 0 Å². The van der Waals surface area contributed by atoms with Crippen LogP contribution in [0.3, 0.4) is 0 Å². The van der Waals surface area contributed by atoms with Crippen molar-refractivity contribution in [3.8, 4) is 5.75 Å². The predicted molar refractivity (Wildman–Crippen MR) is 81.6 cm³/mol. The molecule has 21 heavy (non-hydrogen) atoms. The average Bonchev–Trinajstić information content (AvgIpc) is 2.45. The van der Waals surface area contributed by atoms with Gasteiger partial charge in [-0.1, -0.05) is 13.8 Å². The minimum absolute atomic E-state index is 0.0163. The molecule has 0 bridgehead atoms. The molecule has 0 amide bonds. The van der Waals surface area contributed by atoms with Crippen LogP contribution in [0.4, 0.5) is 5.69 Å². The summed E-state index contributed by atoms with van der Waals surface area (Å²) in [6.45, 7) is 5.40. The third kappa shape index (κ3) is 3.88. The summed E-state index contributed by atoms with van der Waals surface area (Å²) in [6.07, 6.45) is 2.41. The quantitative estimate of drug-likeness (QED) is 0.482. The van der Waals surface area contributed by atoms with Gasteiger partial charge in [-0.15, -0.1) is 0 Å². The van der Waals surface area contributed by atoms with Crippen LogP contribution in [0.15, 0.2) is 30.5 Å². The highest BCUT2D eigenvalue weighted by Crippen LogP contribution is 2.34. The summed E-state index contributed by atoms with van der Waals surface area (Å²) in [5.41, 5.74) is 0.579. The number of hydrogen-bond donors (Lipinski definition) is 1. The van der Waals surface area contributed by atoms with Crippen molar-refractivity contribution < 1.29 is 9.66 Å². The number of ether oxygens (including phenoxy) is 1. The van der Waals surface area contributed by atoms with E-state index in [4.69, 9.17) is 4.74 Å². The zero-order valence-electron chi connectivity index (χ0n) is 12.2. The van der Waals surface area contributed by atoms with Gasteiger partial charge in [-0.05, 0) is 37.2 Å². The molecule has 6 heteroatoms. The van der Waals surface area contributed by atoms with Crippen LogP contribution in [0.25, 0.3) is 10.9 Å². The molecule has 0 fully saturated rings. The Hall–Kier alpha value is -2.21. The van der Waals surface area contributed by atoms with E-state index >= 15 is 0 Å². The van der Waals surface area contributed by atoms with E-state index in [1.54, 1.807) is 30.5 Å². The van der Waals surface area contributed by atoms with E-state index in [-0.39, 0.29) is 5.69 Å². The first kappa shape index (κ1) is 15.2. The lowest BCUT2D eigenvalue weighted by Crippen LogP contribution is -2.24. The standard InChI is InChI=1S/C15H19N3O3/c1-11(2)16-9-4-10-21-14-7-6-13-12(5-3-8-17-13)15(14)18(19)20/h3,5-8,11,16H,4,9-10H2,1-2H3. The maximum Gasteiger partial charge on any atom is 0.320 e. The van der Waals surface area contributed by atoms with E-state index < -0.39 is 4.92 Å². The number of aromatic nitrogens is 1. The molecule has 1 aromatic heterocycles. The Kier molecular flexibility index (Phi) is 5.05. The molecule has 2 rings (SSSR count). The zero-order valence-corrected chi connectivity index (χ0v) is 12.2. The number of nitrogens with zero attached hydrogens (tertiary/aromatic N) is 2. The van der Waals surface area contributed by atoms with Gasteiger partial charge in [-0.2, -0.15) is 0 Å². The maximum atomic E-state index is 11.3. The van der Waals surface area contributed by atoms with Gasteiger partial charge in [0.2, 0.25) is 0 Å². The zero-order chi connectivity index (χ0) is 15.2. The van der Waals surface area contributed by atoms with Crippen LogP contribution >= 0.6 is 0 Å². The summed E-state index contributed by atoms with van der Waals surface area (Å²) in [6, 6.07) is 7.15. The number of hydrogen-bond acceptors (Lipinski definition) is 5. The molecule has 0 radical (unpaired) electrons. The predicted octanol–water partition coefficient (Wildman–Crippen LogP) is 2.91. The Bertz CT molecular complexity index is 629. The molecule has 0 aliphatic heterocycles. The maximum absolute atomic E-state index is 11.3. The molecule has 0 aliphatic carbocycles. The molecule has 0 atom stereocenters. The van der Waals surface area contributed by atoms with Gasteiger partial charge >= 0.3 is 5.69 Å². The second kappa shape index (κ2) is 6.99. The second-order valence-electron chi connectivity index (χ2n) is 5.05. The van der Waals surface area contributed by atoms with Crippen LogP contribution < -0.4 is 10.1 Å². The summed E-state index contributed by atoms with van der Waals surface area (Å²) in [4.78, 5) is 15.0. The van der Waals surface area contributed by atoms with Crippen LogP contribution in [-0.2, 0) is 0 Å². The Labute approximate surface area is 123 Å². The van der Waals surface area contributed by atoms with Crippen molar-refractivity contribution in [2.75, 3.05) is 13.2 Å². The molecule has 0 saturated heterocycles. The molecule has 1 aromatic carbocycles. The van der Waals surface area contributed by atoms with Crippen molar-refractivity contribution in [2.24, 2.45) is 0 Å². The van der Waals surface area contributed by atoms with Crippen molar-refractivity contribution in [1.29, 1.82) is 0 Å². The molecule has 1 heterocycles. The molecule has 6 nitrogen and oxygen atoms in total. The van der Waals surface area contributed by atoms with E-state index in [1.807, 2.05) is 0 Å². The smallest absolute Gasteiger partial charge is 0.320 e. The van der Waals surface area contributed by atoms with Gasteiger partial charge in [0.15, 0.2) is 5.75 Å². The first-order chi connectivity index (χ1) is 10.1. The molecule has 112 valence electrons. The molecule has 0 saturated carbocycles. The largest absolute Gasteiger partial charge is 0.487 e. The molecule has 0 aliphatic rings. The monoisotopic (exact) mass is 289 g/mol.